The maximum absolute atomic E-state index is 11.5. The van der Waals surface area contributed by atoms with Crippen LogP contribution in [0.4, 0.5) is 0 Å². The van der Waals surface area contributed by atoms with Crippen molar-refractivity contribution in [2.24, 2.45) is 0 Å². The minimum Gasteiger partial charge on any atom is -0.480 e. The Labute approximate surface area is 128 Å². The Morgan fingerprint density at radius 1 is 1.48 bits per heavy atom. The normalized spacial score (nSPS) is 12.3. The lowest BCUT2D eigenvalue weighted by Crippen LogP contribution is -2.37. The Bertz CT molecular complexity index is 504. The van der Waals surface area contributed by atoms with E-state index in [1.54, 1.807) is 0 Å². The lowest BCUT2D eigenvalue weighted by atomic mass is 10.2. The van der Waals surface area contributed by atoms with Gasteiger partial charge in [0.25, 0.3) is 5.56 Å². The van der Waals surface area contributed by atoms with E-state index in [0.29, 0.717) is 23.9 Å². The average Bonchev–Trinajstić information content (AvgIpc) is 2.42. The molecule has 0 aliphatic heterocycles. The maximum Gasteiger partial charge on any atom is 0.320 e. The molecule has 0 fully saturated rings. The smallest absolute Gasteiger partial charge is 0.320 e. The lowest BCUT2D eigenvalue weighted by Gasteiger charge is -2.13. The second-order valence-electron chi connectivity index (χ2n) is 4.77. The number of hydrogen-bond acceptors (Lipinski definition) is 5. The predicted molar refractivity (Wildman–Crippen MR) is 83.9 cm³/mol. The lowest BCUT2D eigenvalue weighted by molar-refractivity contribution is -0.139. The van der Waals surface area contributed by atoms with Gasteiger partial charge in [0.15, 0.2) is 5.16 Å². The van der Waals surface area contributed by atoms with Gasteiger partial charge < -0.3 is 15.4 Å². The van der Waals surface area contributed by atoms with Crippen LogP contribution in [0, 0.1) is 0 Å². The van der Waals surface area contributed by atoms with Crippen LogP contribution in [0.5, 0.6) is 0 Å². The summed E-state index contributed by atoms with van der Waals surface area (Å²) in [5.41, 5.74) is 0.623. The molecule has 1 aromatic heterocycles. The number of aromatic amines is 1. The fourth-order valence-corrected chi connectivity index (χ4v) is 2.74. The third kappa shape index (κ3) is 6.77. The van der Waals surface area contributed by atoms with Crippen LogP contribution in [0.2, 0.25) is 0 Å². The summed E-state index contributed by atoms with van der Waals surface area (Å²) in [4.78, 5) is 29.7. The molecule has 6 nitrogen and oxygen atoms in total. The minimum absolute atomic E-state index is 0.158. The van der Waals surface area contributed by atoms with Crippen LogP contribution in [0.3, 0.4) is 0 Å². The first-order chi connectivity index (χ1) is 10.1. The highest BCUT2D eigenvalue weighted by Gasteiger charge is 2.16. The fraction of sp³-hybridized carbons (Fsp3) is 0.643. The Morgan fingerprint density at radius 2 is 2.24 bits per heavy atom. The molecule has 0 aromatic carbocycles. The van der Waals surface area contributed by atoms with Crippen molar-refractivity contribution in [3.63, 3.8) is 0 Å². The van der Waals surface area contributed by atoms with Crippen molar-refractivity contribution in [3.8, 4) is 0 Å². The van der Waals surface area contributed by atoms with Gasteiger partial charge in [0.05, 0.1) is 0 Å². The molecule has 118 valence electrons. The molecule has 21 heavy (non-hydrogen) atoms. The van der Waals surface area contributed by atoms with Crippen molar-refractivity contribution in [3.05, 3.63) is 22.1 Å². The monoisotopic (exact) mass is 313 g/mol. The highest BCUT2D eigenvalue weighted by Crippen LogP contribution is 2.14. The van der Waals surface area contributed by atoms with Crippen molar-refractivity contribution in [1.82, 2.24) is 15.3 Å². The van der Waals surface area contributed by atoms with Gasteiger partial charge in [-0.15, -0.1) is 0 Å². The summed E-state index contributed by atoms with van der Waals surface area (Å²) in [6, 6.07) is 0.958. The number of aromatic nitrogens is 2. The summed E-state index contributed by atoms with van der Waals surface area (Å²) in [6.45, 7) is 4.71. The van der Waals surface area contributed by atoms with E-state index in [2.05, 4.69) is 15.3 Å². The quantitative estimate of drug-likeness (QED) is 0.449. The first-order valence-electron chi connectivity index (χ1n) is 7.26. The number of carboxylic acids is 1. The number of carbonyl (C=O) groups is 1. The summed E-state index contributed by atoms with van der Waals surface area (Å²) in [5.74, 6) is -0.253. The molecule has 0 saturated heterocycles. The molecule has 0 amide bonds. The van der Waals surface area contributed by atoms with E-state index in [1.807, 2.05) is 13.8 Å². The summed E-state index contributed by atoms with van der Waals surface area (Å²) in [7, 11) is 0. The zero-order valence-electron chi connectivity index (χ0n) is 12.5. The third-order valence-electron chi connectivity index (χ3n) is 2.86. The highest BCUT2D eigenvalue weighted by molar-refractivity contribution is 7.99. The summed E-state index contributed by atoms with van der Waals surface area (Å²) < 4.78 is 0. The molecule has 0 aliphatic rings. The van der Waals surface area contributed by atoms with Gasteiger partial charge in [0, 0.05) is 17.5 Å². The maximum atomic E-state index is 11.5. The molecule has 0 radical (unpaired) electrons. The first kappa shape index (κ1) is 17.7. The molecule has 3 N–H and O–H groups in total. The van der Waals surface area contributed by atoms with Crippen molar-refractivity contribution in [2.75, 3.05) is 12.3 Å². The van der Waals surface area contributed by atoms with E-state index in [0.717, 1.165) is 25.0 Å². The number of hydrogen-bond donors (Lipinski definition) is 3. The number of aryl methyl sites for hydroxylation is 1. The van der Waals surface area contributed by atoms with Gasteiger partial charge in [-0.2, -0.15) is 0 Å². The Kier molecular flexibility index (Phi) is 8.07. The number of carboxylic acid groups (broad SMARTS) is 1. The van der Waals surface area contributed by atoms with Crippen LogP contribution in [-0.4, -0.2) is 39.4 Å². The summed E-state index contributed by atoms with van der Waals surface area (Å²) >= 11 is 1.38. The van der Waals surface area contributed by atoms with Crippen LogP contribution in [0.1, 0.15) is 38.8 Å². The minimum atomic E-state index is -0.842. The topological polar surface area (TPSA) is 95.1 Å². The van der Waals surface area contributed by atoms with Gasteiger partial charge in [-0.1, -0.05) is 32.0 Å². The predicted octanol–water partition coefficient (Wildman–Crippen LogP) is 1.66. The Balaban J connectivity index is 2.54. The number of H-pyrrole nitrogens is 1. The number of rotatable bonds is 10. The van der Waals surface area contributed by atoms with E-state index < -0.39 is 12.0 Å². The standard InChI is InChI=1S/C14H23N3O3S/c1-3-5-10-9-12(18)17-14(16-10)21-8-6-11(13(19)20)15-7-4-2/h9,11,15H,3-8H2,1-2H3,(H,19,20)(H,16,17,18). The van der Waals surface area contributed by atoms with Crippen LogP contribution < -0.4 is 10.9 Å². The molecular formula is C14H23N3O3S. The van der Waals surface area contributed by atoms with Crippen LogP contribution >= 0.6 is 11.8 Å². The molecule has 1 heterocycles. The largest absolute Gasteiger partial charge is 0.480 e. The number of aliphatic carboxylic acids is 1. The average molecular weight is 313 g/mol. The molecule has 7 heteroatoms. The van der Waals surface area contributed by atoms with Gasteiger partial charge in [-0.3, -0.25) is 9.59 Å². The second kappa shape index (κ2) is 9.57. The van der Waals surface area contributed by atoms with Gasteiger partial charge in [0.2, 0.25) is 0 Å². The van der Waals surface area contributed by atoms with Crippen LogP contribution in [0.25, 0.3) is 0 Å². The highest BCUT2D eigenvalue weighted by atomic mass is 32.2. The molecule has 0 bridgehead atoms. The first-order valence-corrected chi connectivity index (χ1v) is 8.24. The van der Waals surface area contributed by atoms with Crippen LogP contribution in [-0.2, 0) is 11.2 Å². The summed E-state index contributed by atoms with van der Waals surface area (Å²) in [5, 5.41) is 12.7. The molecule has 1 rings (SSSR count). The summed E-state index contributed by atoms with van der Waals surface area (Å²) in [6.07, 6.45) is 3.09. The van der Waals surface area contributed by atoms with Gasteiger partial charge in [-0.05, 0) is 25.8 Å². The molecule has 0 spiro atoms. The van der Waals surface area contributed by atoms with E-state index in [-0.39, 0.29) is 5.56 Å². The van der Waals surface area contributed by atoms with Gasteiger partial charge in [0.1, 0.15) is 6.04 Å². The van der Waals surface area contributed by atoms with E-state index in [1.165, 1.54) is 17.8 Å². The number of nitrogens with one attached hydrogen (secondary N) is 2. The molecule has 1 atom stereocenters. The fourth-order valence-electron chi connectivity index (χ4n) is 1.84. The molecule has 0 aliphatic carbocycles. The van der Waals surface area contributed by atoms with Crippen molar-refractivity contribution < 1.29 is 9.90 Å². The van der Waals surface area contributed by atoms with Gasteiger partial charge in [-0.25, -0.2) is 4.98 Å². The van der Waals surface area contributed by atoms with Crippen molar-refractivity contribution >= 4 is 17.7 Å². The molecular weight excluding hydrogens is 290 g/mol. The van der Waals surface area contributed by atoms with E-state index in [4.69, 9.17) is 5.11 Å². The number of nitrogens with zero attached hydrogens (tertiary/aromatic N) is 1. The Hall–Kier alpha value is -1.34. The second-order valence-corrected chi connectivity index (χ2v) is 5.86. The van der Waals surface area contributed by atoms with E-state index in [9.17, 15) is 9.59 Å². The molecule has 1 unspecified atom stereocenters. The number of thioether (sulfide) groups is 1. The Morgan fingerprint density at radius 3 is 2.86 bits per heavy atom. The van der Waals surface area contributed by atoms with Crippen molar-refractivity contribution in [2.45, 2.75) is 50.7 Å². The third-order valence-corrected chi connectivity index (χ3v) is 3.77. The molecule has 1 aromatic rings. The SMILES string of the molecule is CCCNC(CCSc1nc(CCC)cc(=O)[nH]1)C(=O)O. The van der Waals surface area contributed by atoms with Gasteiger partial charge >= 0.3 is 5.97 Å². The van der Waals surface area contributed by atoms with Crippen molar-refractivity contribution in [1.29, 1.82) is 0 Å². The van der Waals surface area contributed by atoms with E-state index >= 15 is 0 Å². The zero-order valence-corrected chi connectivity index (χ0v) is 13.3. The molecule has 0 saturated carbocycles. The zero-order chi connectivity index (χ0) is 15.7. The van der Waals surface area contributed by atoms with Crippen LogP contribution in [0.15, 0.2) is 16.0 Å².